The van der Waals surface area contributed by atoms with Crippen LogP contribution in [0.3, 0.4) is 0 Å². The fraction of sp³-hybridized carbons (Fsp3) is 0.0417. The zero-order chi connectivity index (χ0) is 21.8. The number of nitrogen functional groups attached to an aromatic ring is 1. The van der Waals surface area contributed by atoms with E-state index in [-0.39, 0.29) is 17.6 Å². The number of pyridine rings is 1. The molecular formula is C24H17N7O. The van der Waals surface area contributed by atoms with E-state index in [1.165, 1.54) is 0 Å². The molecule has 1 amide bonds. The Balaban J connectivity index is 1.64. The first-order chi connectivity index (χ1) is 15.6. The standard InChI is InChI=1S/C24H17N7O/c25-22(32)21-16(10-28-24(26)31-21)20-13-5-2-1-4-12(13)19-14(20)6-3-7-15(19)23-29-17-8-9-27-11-18(17)30-23/h1-11,20H,(H2,25,32)(H,29,30)(H2,26,28,31). The van der Waals surface area contributed by atoms with E-state index in [4.69, 9.17) is 16.5 Å². The number of nitrogens with zero attached hydrogens (tertiary/aromatic N) is 4. The van der Waals surface area contributed by atoms with Crippen LogP contribution in [-0.4, -0.2) is 30.8 Å². The number of rotatable bonds is 3. The van der Waals surface area contributed by atoms with E-state index in [1.54, 1.807) is 18.6 Å². The second-order valence-corrected chi connectivity index (χ2v) is 7.66. The van der Waals surface area contributed by atoms with Gasteiger partial charge in [0.15, 0.2) is 0 Å². The van der Waals surface area contributed by atoms with E-state index in [0.29, 0.717) is 5.56 Å². The van der Waals surface area contributed by atoms with Crippen LogP contribution in [0.25, 0.3) is 33.5 Å². The summed E-state index contributed by atoms with van der Waals surface area (Å²) in [4.78, 5) is 32.8. The number of imidazole rings is 1. The Labute approximate surface area is 182 Å². The number of carbonyl (C=O) groups excluding carboxylic acids is 1. The molecule has 0 saturated carbocycles. The molecule has 5 N–H and O–H groups in total. The SMILES string of the molecule is NC(=O)c1nc(N)ncc1C1c2ccccc2-c2c(-c3nc4ccncc4[nH]3)cccc21. The van der Waals surface area contributed by atoms with Crippen LogP contribution in [0, 0.1) is 0 Å². The molecule has 0 aliphatic heterocycles. The monoisotopic (exact) mass is 419 g/mol. The van der Waals surface area contributed by atoms with Crippen molar-refractivity contribution in [2.24, 2.45) is 5.73 Å². The maximum absolute atomic E-state index is 12.2. The van der Waals surface area contributed by atoms with Crippen LogP contribution in [0.15, 0.2) is 67.1 Å². The fourth-order valence-corrected chi connectivity index (χ4v) is 4.59. The molecule has 1 aliphatic rings. The third kappa shape index (κ3) is 2.59. The van der Waals surface area contributed by atoms with E-state index in [9.17, 15) is 4.79 Å². The molecule has 0 saturated heterocycles. The number of amides is 1. The van der Waals surface area contributed by atoms with Crippen molar-refractivity contribution in [3.63, 3.8) is 0 Å². The van der Waals surface area contributed by atoms with Gasteiger partial charge >= 0.3 is 0 Å². The van der Waals surface area contributed by atoms with E-state index in [1.807, 2.05) is 36.4 Å². The van der Waals surface area contributed by atoms with Crippen molar-refractivity contribution >= 4 is 22.9 Å². The topological polar surface area (TPSA) is 136 Å². The summed E-state index contributed by atoms with van der Waals surface area (Å²) >= 11 is 0. The molecule has 0 radical (unpaired) electrons. The Bertz CT molecular complexity index is 1510. The molecule has 1 unspecified atom stereocenters. The minimum absolute atomic E-state index is 0.0127. The summed E-state index contributed by atoms with van der Waals surface area (Å²) in [7, 11) is 0. The predicted molar refractivity (Wildman–Crippen MR) is 121 cm³/mol. The average Bonchev–Trinajstić information content (AvgIpc) is 3.38. The van der Waals surface area contributed by atoms with Crippen molar-refractivity contribution in [2.75, 3.05) is 5.73 Å². The highest BCUT2D eigenvalue weighted by molar-refractivity contribution is 5.96. The Morgan fingerprint density at radius 3 is 2.56 bits per heavy atom. The summed E-state index contributed by atoms with van der Waals surface area (Å²) in [5.74, 6) is -0.126. The first-order valence-electron chi connectivity index (χ1n) is 10.1. The molecule has 8 heteroatoms. The molecule has 1 aliphatic carbocycles. The number of aromatic nitrogens is 5. The van der Waals surface area contributed by atoms with Gasteiger partial charge in [0.25, 0.3) is 5.91 Å². The number of carbonyl (C=O) groups is 1. The number of hydrogen-bond acceptors (Lipinski definition) is 6. The third-order valence-electron chi connectivity index (χ3n) is 5.87. The van der Waals surface area contributed by atoms with Crippen LogP contribution < -0.4 is 11.5 Å². The van der Waals surface area contributed by atoms with E-state index in [2.05, 4.69) is 32.1 Å². The number of nitrogens with two attached hydrogens (primary N) is 2. The van der Waals surface area contributed by atoms with Crippen LogP contribution in [0.4, 0.5) is 5.95 Å². The Hall–Kier alpha value is -4.59. The van der Waals surface area contributed by atoms with Crippen LogP contribution in [0.5, 0.6) is 0 Å². The molecule has 0 spiro atoms. The highest BCUT2D eigenvalue weighted by Gasteiger charge is 2.35. The van der Waals surface area contributed by atoms with Crippen molar-refractivity contribution < 1.29 is 4.79 Å². The van der Waals surface area contributed by atoms with Gasteiger partial charge in [-0.1, -0.05) is 42.5 Å². The summed E-state index contributed by atoms with van der Waals surface area (Å²) in [5.41, 5.74) is 19.0. The molecule has 6 rings (SSSR count). The van der Waals surface area contributed by atoms with Gasteiger partial charge in [0.05, 0.1) is 17.2 Å². The molecule has 0 fully saturated rings. The molecule has 154 valence electrons. The van der Waals surface area contributed by atoms with E-state index >= 15 is 0 Å². The van der Waals surface area contributed by atoms with Crippen LogP contribution in [0.2, 0.25) is 0 Å². The molecule has 0 bridgehead atoms. The Morgan fingerprint density at radius 2 is 1.72 bits per heavy atom. The highest BCUT2D eigenvalue weighted by Crippen LogP contribution is 2.51. The molecule has 3 aromatic heterocycles. The fourth-order valence-electron chi connectivity index (χ4n) is 4.59. The van der Waals surface area contributed by atoms with Crippen molar-refractivity contribution in [2.45, 2.75) is 5.92 Å². The third-order valence-corrected chi connectivity index (χ3v) is 5.87. The van der Waals surface area contributed by atoms with Gasteiger partial charge in [0.2, 0.25) is 5.95 Å². The zero-order valence-corrected chi connectivity index (χ0v) is 16.8. The quantitative estimate of drug-likeness (QED) is 0.403. The maximum atomic E-state index is 12.2. The number of benzene rings is 2. The van der Waals surface area contributed by atoms with Gasteiger partial charge < -0.3 is 16.5 Å². The lowest BCUT2D eigenvalue weighted by atomic mass is 9.88. The van der Waals surface area contributed by atoms with Crippen LogP contribution in [0.1, 0.15) is 33.1 Å². The maximum Gasteiger partial charge on any atom is 0.267 e. The van der Waals surface area contributed by atoms with Crippen molar-refractivity contribution in [1.29, 1.82) is 0 Å². The van der Waals surface area contributed by atoms with Crippen LogP contribution in [-0.2, 0) is 0 Å². The minimum Gasteiger partial charge on any atom is -0.368 e. The lowest BCUT2D eigenvalue weighted by molar-refractivity contribution is 0.0994. The van der Waals surface area contributed by atoms with Gasteiger partial charge in [-0.15, -0.1) is 0 Å². The molecule has 1 atom stereocenters. The number of aromatic amines is 1. The second kappa shape index (κ2) is 6.71. The number of fused-ring (bicyclic) bond motifs is 4. The molecule has 5 aromatic rings. The van der Waals surface area contributed by atoms with Gasteiger partial charge in [-0.25, -0.2) is 15.0 Å². The summed E-state index contributed by atoms with van der Waals surface area (Å²) in [6.45, 7) is 0. The lowest BCUT2D eigenvalue weighted by Gasteiger charge is -2.16. The molecule has 8 nitrogen and oxygen atoms in total. The Morgan fingerprint density at radius 1 is 0.906 bits per heavy atom. The summed E-state index contributed by atoms with van der Waals surface area (Å²) in [6, 6.07) is 16.1. The summed E-state index contributed by atoms with van der Waals surface area (Å²) in [5, 5.41) is 0. The molecular weight excluding hydrogens is 402 g/mol. The minimum atomic E-state index is -0.638. The Kier molecular flexibility index (Phi) is 3.82. The number of anilines is 1. The molecule has 2 aromatic carbocycles. The number of primary amides is 1. The smallest absolute Gasteiger partial charge is 0.267 e. The predicted octanol–water partition coefficient (Wildman–Crippen LogP) is 3.26. The average molecular weight is 419 g/mol. The largest absolute Gasteiger partial charge is 0.368 e. The molecule has 3 heterocycles. The second-order valence-electron chi connectivity index (χ2n) is 7.66. The lowest BCUT2D eigenvalue weighted by Crippen LogP contribution is -2.19. The first kappa shape index (κ1) is 18.2. The van der Waals surface area contributed by atoms with Gasteiger partial charge in [0, 0.05) is 29.4 Å². The van der Waals surface area contributed by atoms with Crippen LogP contribution >= 0.6 is 0 Å². The first-order valence-corrected chi connectivity index (χ1v) is 10.1. The van der Waals surface area contributed by atoms with Crippen molar-refractivity contribution in [3.8, 4) is 22.5 Å². The summed E-state index contributed by atoms with van der Waals surface area (Å²) in [6.07, 6.45) is 5.08. The van der Waals surface area contributed by atoms with Gasteiger partial charge in [-0.05, 0) is 28.3 Å². The van der Waals surface area contributed by atoms with E-state index in [0.717, 1.165) is 44.7 Å². The van der Waals surface area contributed by atoms with Gasteiger partial charge in [-0.3, -0.25) is 9.78 Å². The normalized spacial score (nSPS) is 14.3. The number of H-pyrrole nitrogens is 1. The van der Waals surface area contributed by atoms with Crippen molar-refractivity contribution in [3.05, 3.63) is 89.5 Å². The summed E-state index contributed by atoms with van der Waals surface area (Å²) < 4.78 is 0. The number of hydrogen-bond donors (Lipinski definition) is 3. The van der Waals surface area contributed by atoms with Crippen molar-refractivity contribution in [1.82, 2.24) is 24.9 Å². The number of nitrogens with one attached hydrogen (secondary N) is 1. The zero-order valence-electron chi connectivity index (χ0n) is 16.8. The molecule has 32 heavy (non-hydrogen) atoms. The highest BCUT2D eigenvalue weighted by atomic mass is 16.1. The van der Waals surface area contributed by atoms with Gasteiger partial charge in [-0.2, -0.15) is 0 Å². The van der Waals surface area contributed by atoms with Gasteiger partial charge in [0.1, 0.15) is 11.5 Å². The van der Waals surface area contributed by atoms with E-state index < -0.39 is 5.91 Å².